The molecule has 2 aromatic rings. The van der Waals surface area contributed by atoms with E-state index in [0.29, 0.717) is 17.4 Å². The fourth-order valence-corrected chi connectivity index (χ4v) is 5.65. The van der Waals surface area contributed by atoms with Gasteiger partial charge in [0.15, 0.2) is 0 Å². The minimum atomic E-state index is -3.58. The summed E-state index contributed by atoms with van der Waals surface area (Å²) in [7, 11) is -3.58. The van der Waals surface area contributed by atoms with Crippen LogP contribution in [0.25, 0.3) is 0 Å². The molecule has 10 heteroatoms. The number of hydrogen-bond donors (Lipinski definition) is 1. The lowest BCUT2D eigenvalue weighted by Gasteiger charge is -2.33. The second-order valence-corrected chi connectivity index (χ2v) is 9.61. The summed E-state index contributed by atoms with van der Waals surface area (Å²) >= 11 is 6.84. The van der Waals surface area contributed by atoms with Gasteiger partial charge in [-0.15, -0.1) is 11.3 Å². The third-order valence-electron chi connectivity index (χ3n) is 4.03. The minimum absolute atomic E-state index is 0.205. The van der Waals surface area contributed by atoms with Gasteiger partial charge in [0.1, 0.15) is 10.0 Å². The average Bonchev–Trinajstić information content (AvgIpc) is 3.08. The molecule has 0 saturated carbocycles. The van der Waals surface area contributed by atoms with Crippen LogP contribution in [0.15, 0.2) is 40.6 Å². The number of benzene rings is 1. The monoisotopic (exact) mass is 417 g/mol. The molecule has 1 aromatic heterocycles. The molecule has 140 valence electrons. The molecule has 1 aliphatic rings. The Kier molecular flexibility index (Phi) is 5.81. The second kappa shape index (κ2) is 7.91. The second-order valence-electron chi connectivity index (χ2n) is 5.73. The van der Waals surface area contributed by atoms with Crippen molar-refractivity contribution in [1.82, 2.24) is 14.5 Å². The van der Waals surface area contributed by atoms with E-state index < -0.39 is 10.0 Å². The van der Waals surface area contributed by atoms with Crippen molar-refractivity contribution in [2.75, 3.05) is 26.2 Å². The van der Waals surface area contributed by atoms with Gasteiger partial charge >= 0.3 is 6.03 Å². The number of thiophene rings is 1. The first kappa shape index (κ1) is 19.1. The van der Waals surface area contributed by atoms with Crippen LogP contribution in [0.5, 0.6) is 0 Å². The largest absolute Gasteiger partial charge is 0.334 e. The molecule has 1 fully saturated rings. The number of urea groups is 1. The van der Waals surface area contributed by atoms with Crippen molar-refractivity contribution in [1.29, 1.82) is 0 Å². The summed E-state index contributed by atoms with van der Waals surface area (Å²) in [6, 6.07) is 8.65. The number of nitrogens with one attached hydrogen (secondary N) is 1. The molecule has 1 aliphatic heterocycles. The van der Waals surface area contributed by atoms with E-state index in [1.54, 1.807) is 23.1 Å². The van der Waals surface area contributed by atoms with Gasteiger partial charge in [-0.25, -0.2) is 17.6 Å². The van der Waals surface area contributed by atoms with Crippen LogP contribution in [0.1, 0.15) is 5.56 Å². The lowest BCUT2D eigenvalue weighted by atomic mass is 10.2. The highest BCUT2D eigenvalue weighted by Crippen LogP contribution is 2.28. The SMILES string of the molecule is O=C(NCc1ccc(F)cc1)N1CCN(S(=O)(=O)c2ccc(Cl)s2)CC1. The number of piperazine rings is 1. The van der Waals surface area contributed by atoms with Crippen LogP contribution in [0.4, 0.5) is 9.18 Å². The van der Waals surface area contributed by atoms with E-state index in [9.17, 15) is 17.6 Å². The van der Waals surface area contributed by atoms with Crippen LogP contribution >= 0.6 is 22.9 Å². The number of halogens is 2. The van der Waals surface area contributed by atoms with Crippen molar-refractivity contribution in [3.8, 4) is 0 Å². The molecule has 2 heterocycles. The van der Waals surface area contributed by atoms with E-state index in [1.807, 2.05) is 0 Å². The molecule has 26 heavy (non-hydrogen) atoms. The van der Waals surface area contributed by atoms with Crippen molar-refractivity contribution in [3.05, 3.63) is 52.1 Å². The molecule has 6 nitrogen and oxygen atoms in total. The van der Waals surface area contributed by atoms with E-state index in [-0.39, 0.29) is 35.7 Å². The Bertz CT molecular complexity index is 878. The number of sulfonamides is 1. The zero-order valence-corrected chi connectivity index (χ0v) is 16.1. The highest BCUT2D eigenvalue weighted by molar-refractivity contribution is 7.91. The molecule has 2 amide bonds. The van der Waals surface area contributed by atoms with Crippen LogP contribution in [0.2, 0.25) is 4.34 Å². The van der Waals surface area contributed by atoms with Gasteiger partial charge in [-0.05, 0) is 29.8 Å². The van der Waals surface area contributed by atoms with Crippen LogP contribution in [-0.2, 0) is 16.6 Å². The molecule has 0 atom stereocenters. The zero-order chi connectivity index (χ0) is 18.7. The van der Waals surface area contributed by atoms with Gasteiger partial charge in [-0.1, -0.05) is 23.7 Å². The molecule has 0 bridgehead atoms. The Balaban J connectivity index is 1.53. The van der Waals surface area contributed by atoms with Crippen molar-refractivity contribution in [2.45, 2.75) is 10.8 Å². The third kappa shape index (κ3) is 4.35. The summed E-state index contributed by atoms with van der Waals surface area (Å²) in [4.78, 5) is 13.8. The van der Waals surface area contributed by atoms with Crippen LogP contribution < -0.4 is 5.32 Å². The summed E-state index contributed by atoms with van der Waals surface area (Å²) in [6.07, 6.45) is 0. The molecule has 0 unspecified atom stereocenters. The van der Waals surface area contributed by atoms with E-state index in [2.05, 4.69) is 5.32 Å². The Morgan fingerprint density at radius 1 is 1.12 bits per heavy atom. The number of rotatable bonds is 4. The van der Waals surface area contributed by atoms with Gasteiger partial charge in [0.05, 0.1) is 4.34 Å². The van der Waals surface area contributed by atoms with E-state index in [4.69, 9.17) is 11.6 Å². The Morgan fingerprint density at radius 2 is 1.77 bits per heavy atom. The number of amides is 2. The fourth-order valence-electron chi connectivity index (χ4n) is 2.59. The van der Waals surface area contributed by atoms with E-state index in [1.165, 1.54) is 22.5 Å². The van der Waals surface area contributed by atoms with E-state index >= 15 is 0 Å². The molecule has 0 radical (unpaired) electrons. The Morgan fingerprint density at radius 3 is 2.35 bits per heavy atom. The van der Waals surface area contributed by atoms with Gasteiger partial charge in [-0.2, -0.15) is 4.31 Å². The van der Waals surface area contributed by atoms with Crippen molar-refractivity contribution < 1.29 is 17.6 Å². The standard InChI is InChI=1S/C16H17ClFN3O3S2/c17-14-5-6-15(25-14)26(23,24)21-9-7-20(8-10-21)16(22)19-11-12-1-3-13(18)4-2-12/h1-6H,7-11H2,(H,19,22). The van der Waals surface area contributed by atoms with Crippen molar-refractivity contribution in [2.24, 2.45) is 0 Å². The van der Waals surface area contributed by atoms with E-state index in [0.717, 1.165) is 16.9 Å². The van der Waals surface area contributed by atoms with Crippen LogP contribution in [-0.4, -0.2) is 49.8 Å². The van der Waals surface area contributed by atoms with Gasteiger partial charge in [-0.3, -0.25) is 0 Å². The normalized spacial score (nSPS) is 15.8. The predicted octanol–water partition coefficient (Wildman–Crippen LogP) is 2.76. The third-order valence-corrected chi connectivity index (χ3v) is 7.62. The average molecular weight is 418 g/mol. The maximum absolute atomic E-state index is 12.9. The number of carbonyl (C=O) groups excluding carboxylic acids is 1. The minimum Gasteiger partial charge on any atom is -0.334 e. The first-order chi connectivity index (χ1) is 12.4. The molecule has 1 N–H and O–H groups in total. The molecule has 1 aromatic carbocycles. The highest BCUT2D eigenvalue weighted by Gasteiger charge is 2.31. The lowest BCUT2D eigenvalue weighted by Crippen LogP contribution is -2.52. The first-order valence-corrected chi connectivity index (χ1v) is 10.5. The predicted molar refractivity (Wildman–Crippen MR) is 98.3 cm³/mol. The summed E-state index contributed by atoms with van der Waals surface area (Å²) in [5, 5.41) is 2.76. The number of nitrogens with zero attached hydrogens (tertiary/aromatic N) is 2. The first-order valence-electron chi connectivity index (χ1n) is 7.89. The van der Waals surface area contributed by atoms with Crippen molar-refractivity contribution in [3.63, 3.8) is 0 Å². The summed E-state index contributed by atoms with van der Waals surface area (Å²) in [5.41, 5.74) is 0.788. The lowest BCUT2D eigenvalue weighted by molar-refractivity contribution is 0.172. The maximum atomic E-state index is 12.9. The molecule has 3 rings (SSSR count). The Labute approximate surface area is 160 Å². The van der Waals surface area contributed by atoms with Gasteiger partial charge in [0.25, 0.3) is 10.0 Å². The van der Waals surface area contributed by atoms with Crippen LogP contribution in [0, 0.1) is 5.82 Å². The smallest absolute Gasteiger partial charge is 0.317 e. The maximum Gasteiger partial charge on any atom is 0.317 e. The molecule has 0 aliphatic carbocycles. The molecule has 1 saturated heterocycles. The quantitative estimate of drug-likeness (QED) is 0.831. The number of hydrogen-bond acceptors (Lipinski definition) is 4. The summed E-state index contributed by atoms with van der Waals surface area (Å²) in [5.74, 6) is -0.329. The summed E-state index contributed by atoms with van der Waals surface area (Å²) in [6.45, 7) is 1.33. The molecule has 0 spiro atoms. The molecular formula is C16H17ClFN3O3S2. The summed E-state index contributed by atoms with van der Waals surface area (Å²) < 4.78 is 39.9. The Hall–Kier alpha value is -1.68. The van der Waals surface area contributed by atoms with Gasteiger partial charge < -0.3 is 10.2 Å². The highest BCUT2D eigenvalue weighted by atomic mass is 35.5. The fraction of sp³-hybridized carbons (Fsp3) is 0.312. The van der Waals surface area contributed by atoms with Gasteiger partial charge in [0.2, 0.25) is 0 Å². The zero-order valence-electron chi connectivity index (χ0n) is 13.7. The van der Waals surface area contributed by atoms with Gasteiger partial charge in [0, 0.05) is 32.7 Å². The molecular weight excluding hydrogens is 401 g/mol. The topological polar surface area (TPSA) is 69.7 Å². The number of carbonyl (C=O) groups is 1. The van der Waals surface area contributed by atoms with Crippen molar-refractivity contribution >= 4 is 39.0 Å². The van der Waals surface area contributed by atoms with Crippen LogP contribution in [0.3, 0.4) is 0 Å².